The van der Waals surface area contributed by atoms with Gasteiger partial charge in [0.05, 0.1) is 11.8 Å². The van der Waals surface area contributed by atoms with E-state index in [1.165, 1.54) is 0 Å². The minimum atomic E-state index is -2.61. The van der Waals surface area contributed by atoms with Gasteiger partial charge in [-0.2, -0.15) is 0 Å². The van der Waals surface area contributed by atoms with Gasteiger partial charge in [-0.25, -0.2) is 4.79 Å². The number of rotatable bonds is 7. The zero-order valence-corrected chi connectivity index (χ0v) is 29.8. The van der Waals surface area contributed by atoms with Crippen molar-refractivity contribution in [2.75, 3.05) is 0 Å². The lowest BCUT2D eigenvalue weighted by molar-refractivity contribution is -0.232. The summed E-state index contributed by atoms with van der Waals surface area (Å²) in [5.41, 5.74) is 1.86. The molecule has 0 bridgehead atoms. The Bertz CT molecular complexity index is 1280. The Labute approximate surface area is 269 Å². The minimum Gasteiger partial charge on any atom is -0.507 e. The van der Waals surface area contributed by atoms with Gasteiger partial charge in [0.2, 0.25) is 0 Å². The molecule has 0 aliphatic carbocycles. The molecule has 0 heterocycles. The Balaban J connectivity index is 2.49. The van der Waals surface area contributed by atoms with Gasteiger partial charge in [-0.05, 0) is 68.9 Å². The zero-order valence-electron chi connectivity index (χ0n) is 29.8. The van der Waals surface area contributed by atoms with E-state index < -0.39 is 57.2 Å². The minimum absolute atomic E-state index is 0.149. The Morgan fingerprint density at radius 3 is 0.933 bits per heavy atom. The molecule has 0 amide bonds. The fraction of sp³-hybridized carbons (Fsp3) is 0.595. The number of ether oxygens (including phenoxy) is 2. The largest absolute Gasteiger partial charge is 0.507 e. The monoisotopic (exact) mass is 626 g/mol. The molecule has 2 unspecified atom stereocenters. The quantitative estimate of drug-likeness (QED) is 0.208. The lowest BCUT2D eigenvalue weighted by atomic mass is 9.77. The Kier molecular flexibility index (Phi) is 10.3. The van der Waals surface area contributed by atoms with Crippen LogP contribution in [0.1, 0.15) is 149 Å². The van der Waals surface area contributed by atoms with Crippen LogP contribution in [0.25, 0.3) is 0 Å². The fourth-order valence-corrected chi connectivity index (χ4v) is 5.04. The molecular formula is C37H54O8. The van der Waals surface area contributed by atoms with Crippen molar-refractivity contribution in [2.24, 2.45) is 0 Å². The topological polar surface area (TPSA) is 130 Å². The molecule has 3 N–H and O–H groups in total. The molecule has 0 aliphatic heterocycles. The van der Waals surface area contributed by atoms with Crippen LogP contribution in [-0.4, -0.2) is 39.0 Å². The van der Waals surface area contributed by atoms with Gasteiger partial charge in [0.1, 0.15) is 11.5 Å². The molecule has 0 fully saturated rings. The van der Waals surface area contributed by atoms with Gasteiger partial charge < -0.3 is 24.8 Å². The second kappa shape index (κ2) is 12.3. The van der Waals surface area contributed by atoms with E-state index in [1.807, 2.05) is 83.1 Å². The van der Waals surface area contributed by atoms with Gasteiger partial charge in [0.25, 0.3) is 0 Å². The average molecular weight is 627 g/mol. The van der Waals surface area contributed by atoms with Crippen molar-refractivity contribution in [3.8, 4) is 11.5 Å². The Morgan fingerprint density at radius 2 is 0.756 bits per heavy atom. The fourth-order valence-electron chi connectivity index (χ4n) is 5.04. The number of carbonyl (C=O) groups is 3. The maximum Gasteiger partial charge on any atom is 0.390 e. The van der Waals surface area contributed by atoms with Crippen LogP contribution in [0.4, 0.5) is 0 Å². The zero-order chi connectivity index (χ0) is 35.2. The average Bonchev–Trinajstić information content (AvgIpc) is 2.85. The van der Waals surface area contributed by atoms with Crippen LogP contribution < -0.4 is 0 Å². The molecule has 2 atom stereocenters. The third kappa shape index (κ3) is 8.39. The summed E-state index contributed by atoms with van der Waals surface area (Å²) in [5.74, 6) is -7.64. The highest BCUT2D eigenvalue weighted by molar-refractivity contribution is 5.87. The number of aromatic hydroxyl groups is 2. The molecule has 2 aromatic rings. The SMILES string of the molecule is CC(C(=O)OC(C)(OC(=O)C(C)c1cc(C(C)(C)C)c(O)c(C(C)(C)C)c1)C(=O)O)c1cc(C(C)(C)C)c(O)c(C(C)(C)C)c1. The summed E-state index contributed by atoms with van der Waals surface area (Å²) in [4.78, 5) is 39.4. The lowest BCUT2D eigenvalue weighted by Gasteiger charge is -2.31. The van der Waals surface area contributed by atoms with Crippen LogP contribution >= 0.6 is 0 Å². The molecule has 8 nitrogen and oxygen atoms in total. The molecule has 250 valence electrons. The third-order valence-electron chi connectivity index (χ3n) is 8.18. The number of esters is 2. The second-order valence-electron chi connectivity index (χ2n) is 16.5. The second-order valence-corrected chi connectivity index (χ2v) is 16.5. The molecule has 0 saturated heterocycles. The predicted molar refractivity (Wildman–Crippen MR) is 176 cm³/mol. The molecular weight excluding hydrogens is 572 g/mol. The van der Waals surface area contributed by atoms with Crippen molar-refractivity contribution in [1.82, 2.24) is 0 Å². The number of carbonyl (C=O) groups excluding carboxylic acids is 2. The molecule has 2 aromatic carbocycles. The number of benzene rings is 2. The van der Waals surface area contributed by atoms with Crippen molar-refractivity contribution < 1.29 is 39.2 Å². The first-order valence-electron chi connectivity index (χ1n) is 15.5. The van der Waals surface area contributed by atoms with Crippen LogP contribution in [0, 0.1) is 0 Å². The third-order valence-corrected chi connectivity index (χ3v) is 8.18. The molecule has 45 heavy (non-hydrogen) atoms. The van der Waals surface area contributed by atoms with E-state index in [9.17, 15) is 29.7 Å². The van der Waals surface area contributed by atoms with Gasteiger partial charge in [-0.3, -0.25) is 9.59 Å². The number of aliphatic carboxylic acids is 1. The van der Waals surface area contributed by atoms with E-state index in [-0.39, 0.29) is 11.5 Å². The van der Waals surface area contributed by atoms with Gasteiger partial charge in [0.15, 0.2) is 0 Å². The molecule has 0 saturated carbocycles. The van der Waals surface area contributed by atoms with Crippen LogP contribution in [-0.2, 0) is 45.5 Å². The number of hydrogen-bond donors (Lipinski definition) is 3. The highest BCUT2D eigenvalue weighted by atomic mass is 16.7. The van der Waals surface area contributed by atoms with Crippen LogP contribution in [0.15, 0.2) is 24.3 Å². The molecule has 0 radical (unpaired) electrons. The molecule has 8 heteroatoms. The van der Waals surface area contributed by atoms with Crippen molar-refractivity contribution in [3.05, 3.63) is 57.6 Å². The molecule has 2 rings (SSSR count). The summed E-state index contributed by atoms with van der Waals surface area (Å²) in [6.45, 7) is 27.6. The summed E-state index contributed by atoms with van der Waals surface area (Å²) in [7, 11) is 0. The van der Waals surface area contributed by atoms with E-state index in [0.717, 1.165) is 6.92 Å². The summed E-state index contributed by atoms with van der Waals surface area (Å²) in [6.07, 6.45) is 0. The van der Waals surface area contributed by atoms with Gasteiger partial charge >= 0.3 is 23.7 Å². The molecule has 0 aliphatic rings. The number of carboxylic acids is 1. The number of carboxylic acid groups (broad SMARTS) is 1. The molecule has 0 aromatic heterocycles. The van der Waals surface area contributed by atoms with Crippen molar-refractivity contribution in [3.63, 3.8) is 0 Å². The normalized spacial score (nSPS) is 15.5. The Morgan fingerprint density at radius 1 is 0.533 bits per heavy atom. The van der Waals surface area contributed by atoms with E-state index in [1.54, 1.807) is 38.1 Å². The maximum atomic E-state index is 13.5. The van der Waals surface area contributed by atoms with Crippen LogP contribution in [0.3, 0.4) is 0 Å². The summed E-state index contributed by atoms with van der Waals surface area (Å²) < 4.78 is 10.9. The highest BCUT2D eigenvalue weighted by Crippen LogP contribution is 2.43. The van der Waals surface area contributed by atoms with Crippen molar-refractivity contribution >= 4 is 17.9 Å². The summed E-state index contributed by atoms with van der Waals surface area (Å²) in [6, 6.07) is 6.92. The lowest BCUT2D eigenvalue weighted by Crippen LogP contribution is -2.46. The first-order chi connectivity index (χ1) is 20.0. The van der Waals surface area contributed by atoms with Gasteiger partial charge in [-0.15, -0.1) is 0 Å². The summed E-state index contributed by atoms with van der Waals surface area (Å²) in [5, 5.41) is 32.3. The van der Waals surface area contributed by atoms with E-state index in [2.05, 4.69) is 0 Å². The number of phenols is 2. The van der Waals surface area contributed by atoms with Crippen LogP contribution in [0.5, 0.6) is 11.5 Å². The first kappa shape index (κ1) is 37.6. The summed E-state index contributed by atoms with van der Waals surface area (Å²) >= 11 is 0. The van der Waals surface area contributed by atoms with Crippen molar-refractivity contribution in [2.45, 2.75) is 143 Å². The predicted octanol–water partition coefficient (Wildman–Crippen LogP) is 8.08. The van der Waals surface area contributed by atoms with Gasteiger partial charge in [0, 0.05) is 6.92 Å². The number of phenolic OH excluding ortho intramolecular Hbond substituents is 2. The van der Waals surface area contributed by atoms with Gasteiger partial charge in [-0.1, -0.05) is 107 Å². The Hall–Kier alpha value is -3.55. The smallest absolute Gasteiger partial charge is 0.390 e. The van der Waals surface area contributed by atoms with E-state index in [0.29, 0.717) is 33.4 Å². The van der Waals surface area contributed by atoms with Crippen molar-refractivity contribution in [1.29, 1.82) is 0 Å². The number of hydrogen-bond acceptors (Lipinski definition) is 7. The van der Waals surface area contributed by atoms with E-state index in [4.69, 9.17) is 9.47 Å². The highest BCUT2D eigenvalue weighted by Gasteiger charge is 2.45. The standard InChI is InChI=1S/C37H54O8/c1-20(22-16-24(33(3,4)5)28(38)25(17-22)34(6,7)8)30(40)44-37(15,32(42)43)45-31(41)21(2)23-18-26(35(9,10)11)29(39)27(19-23)36(12,13)14/h16-21,38-39H,1-15H3,(H,42,43). The first-order valence-corrected chi connectivity index (χ1v) is 15.5. The van der Waals surface area contributed by atoms with E-state index >= 15 is 0 Å². The maximum absolute atomic E-state index is 13.5. The molecule has 0 spiro atoms. The van der Waals surface area contributed by atoms with Crippen LogP contribution in [0.2, 0.25) is 0 Å².